The molecule has 2 rings (SSSR count). The van der Waals surface area contributed by atoms with Crippen LogP contribution in [0.3, 0.4) is 0 Å². The number of rotatable bonds is 5. The van der Waals surface area contributed by atoms with Crippen molar-refractivity contribution in [3.8, 4) is 0 Å². The molecule has 0 aliphatic heterocycles. The van der Waals surface area contributed by atoms with Crippen molar-refractivity contribution in [2.24, 2.45) is 5.92 Å². The summed E-state index contributed by atoms with van der Waals surface area (Å²) in [5.41, 5.74) is 1.05. The summed E-state index contributed by atoms with van der Waals surface area (Å²) < 4.78 is 0. The first-order chi connectivity index (χ1) is 9.47. The lowest BCUT2D eigenvalue weighted by Gasteiger charge is -2.23. The second-order valence-corrected chi connectivity index (χ2v) is 6.11. The van der Waals surface area contributed by atoms with Gasteiger partial charge in [0.1, 0.15) is 0 Å². The molecule has 2 N–H and O–H groups in total. The molecular formula is C13H19N3O3S. The van der Waals surface area contributed by atoms with Gasteiger partial charge < -0.3 is 10.0 Å². The van der Waals surface area contributed by atoms with Crippen LogP contribution in [0.5, 0.6) is 0 Å². The summed E-state index contributed by atoms with van der Waals surface area (Å²) in [5.74, 6) is -0.958. The molecule has 0 radical (unpaired) electrons. The molecule has 6 nitrogen and oxygen atoms in total. The number of aromatic nitrogens is 1. The average Bonchev–Trinajstić information content (AvgIpc) is 2.74. The molecule has 1 saturated carbocycles. The van der Waals surface area contributed by atoms with Crippen LogP contribution in [0.15, 0.2) is 5.38 Å². The van der Waals surface area contributed by atoms with Crippen LogP contribution < -0.4 is 5.32 Å². The Bertz CT molecular complexity index is 499. The van der Waals surface area contributed by atoms with Gasteiger partial charge in [-0.2, -0.15) is 0 Å². The van der Waals surface area contributed by atoms with Crippen LogP contribution in [0, 0.1) is 5.92 Å². The lowest BCUT2D eigenvalue weighted by Crippen LogP contribution is -2.36. The summed E-state index contributed by atoms with van der Waals surface area (Å²) in [5, 5.41) is 14.1. The molecule has 0 aromatic carbocycles. The Morgan fingerprint density at radius 3 is 2.85 bits per heavy atom. The van der Waals surface area contributed by atoms with Crippen molar-refractivity contribution in [1.29, 1.82) is 0 Å². The van der Waals surface area contributed by atoms with Crippen molar-refractivity contribution in [2.75, 3.05) is 18.9 Å². The Kier molecular flexibility index (Phi) is 4.59. The summed E-state index contributed by atoms with van der Waals surface area (Å²) in [6, 6.07) is -0.326. The van der Waals surface area contributed by atoms with E-state index in [1.54, 1.807) is 14.0 Å². The smallest absolute Gasteiger partial charge is 0.323 e. The number of carbonyl (C=O) groups is 2. The van der Waals surface area contributed by atoms with E-state index in [1.807, 2.05) is 5.38 Å². The molecule has 1 unspecified atom stereocenters. The minimum absolute atomic E-state index is 0.169. The van der Waals surface area contributed by atoms with E-state index in [2.05, 4.69) is 10.3 Å². The molecule has 1 atom stereocenters. The van der Waals surface area contributed by atoms with Crippen molar-refractivity contribution in [3.63, 3.8) is 0 Å². The maximum atomic E-state index is 11.9. The number of hydrogen-bond acceptors (Lipinski definition) is 4. The van der Waals surface area contributed by atoms with E-state index in [0.29, 0.717) is 11.0 Å². The zero-order chi connectivity index (χ0) is 14.7. The van der Waals surface area contributed by atoms with Crippen LogP contribution in [0.25, 0.3) is 0 Å². The SMILES string of the molecule is CC(CN(C)C(=O)Nc1nc(C2CCC2)cs1)C(=O)O. The van der Waals surface area contributed by atoms with Crippen LogP contribution in [0.1, 0.15) is 37.8 Å². The fraction of sp³-hybridized carbons (Fsp3) is 0.615. The predicted molar refractivity (Wildman–Crippen MR) is 77.2 cm³/mol. The number of amides is 2. The van der Waals surface area contributed by atoms with Gasteiger partial charge in [0.15, 0.2) is 5.13 Å². The molecule has 0 saturated heterocycles. The number of hydrogen-bond donors (Lipinski definition) is 2. The van der Waals surface area contributed by atoms with Gasteiger partial charge in [0.2, 0.25) is 0 Å². The van der Waals surface area contributed by atoms with Crippen molar-refractivity contribution in [1.82, 2.24) is 9.88 Å². The van der Waals surface area contributed by atoms with Crippen LogP contribution >= 0.6 is 11.3 Å². The molecule has 1 heterocycles. The highest BCUT2D eigenvalue weighted by Crippen LogP contribution is 2.37. The van der Waals surface area contributed by atoms with Gasteiger partial charge in [-0.3, -0.25) is 10.1 Å². The molecule has 1 aliphatic carbocycles. The van der Waals surface area contributed by atoms with Crippen LogP contribution in [0.4, 0.5) is 9.93 Å². The first-order valence-electron chi connectivity index (χ1n) is 6.67. The predicted octanol–water partition coefficient (Wildman–Crippen LogP) is 2.60. The Morgan fingerprint density at radius 1 is 1.60 bits per heavy atom. The fourth-order valence-corrected chi connectivity index (χ4v) is 2.78. The highest BCUT2D eigenvalue weighted by molar-refractivity contribution is 7.13. The largest absolute Gasteiger partial charge is 0.481 e. The first kappa shape index (κ1) is 14.8. The van der Waals surface area contributed by atoms with Gasteiger partial charge in [0.05, 0.1) is 11.6 Å². The Balaban J connectivity index is 1.86. The highest BCUT2D eigenvalue weighted by Gasteiger charge is 2.23. The quantitative estimate of drug-likeness (QED) is 0.875. The number of carbonyl (C=O) groups excluding carboxylic acids is 1. The van der Waals surface area contributed by atoms with Gasteiger partial charge in [0, 0.05) is 24.9 Å². The van der Waals surface area contributed by atoms with E-state index in [-0.39, 0.29) is 12.6 Å². The van der Waals surface area contributed by atoms with Crippen LogP contribution in [-0.4, -0.2) is 40.6 Å². The third-order valence-electron chi connectivity index (χ3n) is 3.58. The Hall–Kier alpha value is -1.63. The third kappa shape index (κ3) is 3.47. The number of thiazole rings is 1. The zero-order valence-electron chi connectivity index (χ0n) is 11.6. The molecular weight excluding hydrogens is 278 g/mol. The lowest BCUT2D eigenvalue weighted by atomic mass is 9.83. The lowest BCUT2D eigenvalue weighted by molar-refractivity contribution is -0.141. The second kappa shape index (κ2) is 6.21. The summed E-state index contributed by atoms with van der Waals surface area (Å²) in [6.07, 6.45) is 3.60. The van der Waals surface area contributed by atoms with E-state index in [0.717, 1.165) is 5.69 Å². The Labute approximate surface area is 121 Å². The molecule has 1 fully saturated rings. The number of carboxylic acid groups (broad SMARTS) is 1. The number of anilines is 1. The molecule has 7 heteroatoms. The fourth-order valence-electron chi connectivity index (χ4n) is 1.99. The van der Waals surface area contributed by atoms with Crippen molar-refractivity contribution in [2.45, 2.75) is 32.1 Å². The van der Waals surface area contributed by atoms with Gasteiger partial charge in [-0.1, -0.05) is 13.3 Å². The Morgan fingerprint density at radius 2 is 2.30 bits per heavy atom. The molecule has 2 amide bonds. The average molecular weight is 297 g/mol. The summed E-state index contributed by atoms with van der Waals surface area (Å²) in [7, 11) is 1.58. The molecule has 20 heavy (non-hydrogen) atoms. The number of carboxylic acids is 1. The first-order valence-corrected chi connectivity index (χ1v) is 7.55. The van der Waals surface area contributed by atoms with E-state index in [1.165, 1.54) is 35.5 Å². The van der Waals surface area contributed by atoms with Gasteiger partial charge >= 0.3 is 12.0 Å². The minimum Gasteiger partial charge on any atom is -0.481 e. The maximum Gasteiger partial charge on any atom is 0.323 e. The molecule has 0 spiro atoms. The van der Waals surface area contributed by atoms with E-state index < -0.39 is 11.9 Å². The molecule has 1 aromatic heterocycles. The summed E-state index contributed by atoms with van der Waals surface area (Å²) >= 11 is 1.41. The molecule has 0 bridgehead atoms. The number of urea groups is 1. The van der Waals surface area contributed by atoms with E-state index in [4.69, 9.17) is 5.11 Å². The normalized spacial score (nSPS) is 16.3. The van der Waals surface area contributed by atoms with Gasteiger partial charge in [-0.25, -0.2) is 9.78 Å². The highest BCUT2D eigenvalue weighted by atomic mass is 32.1. The summed E-state index contributed by atoms with van der Waals surface area (Å²) in [4.78, 5) is 28.5. The monoisotopic (exact) mass is 297 g/mol. The number of aliphatic carboxylic acids is 1. The molecule has 110 valence electrons. The summed E-state index contributed by atoms with van der Waals surface area (Å²) in [6.45, 7) is 1.74. The van der Waals surface area contributed by atoms with Crippen molar-refractivity contribution >= 4 is 28.5 Å². The van der Waals surface area contributed by atoms with Crippen LogP contribution in [-0.2, 0) is 4.79 Å². The maximum absolute atomic E-state index is 11.9. The van der Waals surface area contributed by atoms with Crippen molar-refractivity contribution < 1.29 is 14.7 Å². The molecule has 1 aliphatic rings. The zero-order valence-corrected chi connectivity index (χ0v) is 12.4. The van der Waals surface area contributed by atoms with Crippen LogP contribution in [0.2, 0.25) is 0 Å². The topological polar surface area (TPSA) is 82.5 Å². The number of nitrogens with zero attached hydrogens (tertiary/aromatic N) is 2. The van der Waals surface area contributed by atoms with Gasteiger partial charge in [0.25, 0.3) is 0 Å². The van der Waals surface area contributed by atoms with E-state index >= 15 is 0 Å². The molecule has 1 aromatic rings. The van der Waals surface area contributed by atoms with Crippen molar-refractivity contribution in [3.05, 3.63) is 11.1 Å². The minimum atomic E-state index is -0.911. The van der Waals surface area contributed by atoms with Gasteiger partial charge in [-0.15, -0.1) is 11.3 Å². The third-order valence-corrected chi connectivity index (χ3v) is 4.35. The number of nitrogens with one attached hydrogen (secondary N) is 1. The standard InChI is InChI=1S/C13H19N3O3S/c1-8(11(17)18)6-16(2)13(19)15-12-14-10(7-20-12)9-4-3-5-9/h7-9H,3-6H2,1-2H3,(H,17,18)(H,14,15,19). The second-order valence-electron chi connectivity index (χ2n) is 5.26. The van der Waals surface area contributed by atoms with E-state index in [9.17, 15) is 9.59 Å². The van der Waals surface area contributed by atoms with Gasteiger partial charge in [-0.05, 0) is 12.8 Å².